The van der Waals surface area contributed by atoms with Crippen molar-refractivity contribution in [2.75, 3.05) is 0 Å². The van der Waals surface area contributed by atoms with Gasteiger partial charge < -0.3 is 4.74 Å². The van der Waals surface area contributed by atoms with Crippen LogP contribution in [0, 0.1) is 11.3 Å². The van der Waals surface area contributed by atoms with Gasteiger partial charge in [0.05, 0.1) is 5.41 Å². The Morgan fingerprint density at radius 2 is 2.06 bits per heavy atom. The Labute approximate surface area is 104 Å². The molecule has 0 amide bonds. The van der Waals surface area contributed by atoms with Crippen molar-refractivity contribution < 1.29 is 9.53 Å². The molecule has 1 aliphatic carbocycles. The highest BCUT2D eigenvalue weighted by molar-refractivity contribution is 5.80. The van der Waals surface area contributed by atoms with E-state index in [4.69, 9.17) is 4.74 Å². The van der Waals surface area contributed by atoms with Crippen molar-refractivity contribution in [3.8, 4) is 0 Å². The summed E-state index contributed by atoms with van der Waals surface area (Å²) in [5.74, 6) is 0.376. The maximum absolute atomic E-state index is 12.4. The Morgan fingerprint density at radius 3 is 2.53 bits per heavy atom. The van der Waals surface area contributed by atoms with Crippen molar-refractivity contribution in [3.05, 3.63) is 11.6 Å². The van der Waals surface area contributed by atoms with Crippen molar-refractivity contribution in [1.82, 2.24) is 0 Å². The molecule has 0 aromatic heterocycles. The molecule has 1 aliphatic heterocycles. The van der Waals surface area contributed by atoms with Crippen molar-refractivity contribution in [2.45, 2.75) is 65.4 Å². The SMILES string of the molecule is CCC1(CC)CC2(CCC(C)=CC2C)C(=O)O1. The molecule has 0 N–H and O–H groups in total. The van der Waals surface area contributed by atoms with Crippen molar-refractivity contribution in [2.24, 2.45) is 11.3 Å². The third-order valence-corrected chi connectivity index (χ3v) is 5.01. The fourth-order valence-corrected chi connectivity index (χ4v) is 3.48. The number of hydrogen-bond acceptors (Lipinski definition) is 2. The summed E-state index contributed by atoms with van der Waals surface area (Å²) in [7, 11) is 0. The van der Waals surface area contributed by atoms with Crippen LogP contribution in [-0.2, 0) is 9.53 Å². The average Bonchev–Trinajstić information content (AvgIpc) is 2.60. The van der Waals surface area contributed by atoms with Crippen LogP contribution in [0.3, 0.4) is 0 Å². The Morgan fingerprint density at radius 1 is 1.41 bits per heavy atom. The zero-order valence-electron chi connectivity index (χ0n) is 11.5. The van der Waals surface area contributed by atoms with Crippen LogP contribution in [0.4, 0.5) is 0 Å². The van der Waals surface area contributed by atoms with Gasteiger partial charge in [0.25, 0.3) is 0 Å². The zero-order valence-corrected chi connectivity index (χ0v) is 11.5. The fourth-order valence-electron chi connectivity index (χ4n) is 3.48. The van der Waals surface area contributed by atoms with Gasteiger partial charge in [-0.05, 0) is 38.5 Å². The van der Waals surface area contributed by atoms with Gasteiger partial charge in [-0.1, -0.05) is 32.4 Å². The molecule has 96 valence electrons. The number of allylic oxidation sites excluding steroid dienone is 2. The molecule has 1 heterocycles. The van der Waals surface area contributed by atoms with Crippen LogP contribution in [0.2, 0.25) is 0 Å². The molecule has 0 saturated carbocycles. The first-order chi connectivity index (χ1) is 7.98. The lowest BCUT2D eigenvalue weighted by atomic mass is 9.64. The highest BCUT2D eigenvalue weighted by Gasteiger charge is 2.57. The Bertz CT molecular complexity index is 352. The van der Waals surface area contributed by atoms with Crippen molar-refractivity contribution >= 4 is 5.97 Å². The minimum Gasteiger partial charge on any atom is -0.459 e. The molecule has 0 aromatic carbocycles. The van der Waals surface area contributed by atoms with E-state index in [1.807, 2.05) is 0 Å². The predicted octanol–water partition coefficient (Wildman–Crippen LogP) is 3.85. The number of cyclic esters (lactones) is 1. The van der Waals surface area contributed by atoms with Gasteiger partial charge in [0, 0.05) is 6.42 Å². The van der Waals surface area contributed by atoms with Crippen molar-refractivity contribution in [1.29, 1.82) is 0 Å². The molecule has 1 spiro atoms. The summed E-state index contributed by atoms with van der Waals surface area (Å²) < 4.78 is 5.78. The first-order valence-electron chi connectivity index (χ1n) is 6.89. The van der Waals surface area contributed by atoms with Crippen LogP contribution >= 0.6 is 0 Å². The second-order valence-corrected chi connectivity index (χ2v) is 5.91. The topological polar surface area (TPSA) is 26.3 Å². The normalized spacial score (nSPS) is 35.9. The highest BCUT2D eigenvalue weighted by Crippen LogP contribution is 2.53. The summed E-state index contributed by atoms with van der Waals surface area (Å²) in [5, 5.41) is 0. The van der Waals surface area contributed by atoms with E-state index in [-0.39, 0.29) is 17.0 Å². The highest BCUT2D eigenvalue weighted by atomic mass is 16.6. The van der Waals surface area contributed by atoms with E-state index in [2.05, 4.69) is 33.8 Å². The molecular formula is C15H24O2. The standard InChI is InChI=1S/C15H24O2/c1-5-14(6-2)10-15(13(16)17-14)8-7-11(3)9-12(15)4/h9,12H,5-8,10H2,1-4H3. The summed E-state index contributed by atoms with van der Waals surface area (Å²) in [6.07, 6.45) is 7.07. The van der Waals surface area contributed by atoms with Gasteiger partial charge in [0.15, 0.2) is 0 Å². The number of rotatable bonds is 2. The third kappa shape index (κ3) is 1.82. The minimum absolute atomic E-state index is 0.0532. The monoisotopic (exact) mass is 236 g/mol. The smallest absolute Gasteiger partial charge is 0.313 e. The lowest BCUT2D eigenvalue weighted by Crippen LogP contribution is -2.36. The molecule has 0 aromatic rings. The summed E-state index contributed by atoms with van der Waals surface area (Å²) >= 11 is 0. The van der Waals surface area contributed by atoms with Gasteiger partial charge in [-0.25, -0.2) is 0 Å². The van der Waals surface area contributed by atoms with E-state index in [9.17, 15) is 4.79 Å². The van der Waals surface area contributed by atoms with Crippen molar-refractivity contribution in [3.63, 3.8) is 0 Å². The molecule has 2 nitrogen and oxygen atoms in total. The van der Waals surface area contributed by atoms with E-state index in [1.54, 1.807) is 0 Å². The quantitative estimate of drug-likeness (QED) is 0.537. The van der Waals surface area contributed by atoms with E-state index >= 15 is 0 Å². The summed E-state index contributed by atoms with van der Waals surface area (Å²) in [4.78, 5) is 12.4. The van der Waals surface area contributed by atoms with Gasteiger partial charge in [-0.3, -0.25) is 4.79 Å². The Balaban J connectivity index is 2.31. The number of carbonyl (C=O) groups excluding carboxylic acids is 1. The van der Waals surface area contributed by atoms with E-state index in [1.165, 1.54) is 5.57 Å². The molecular weight excluding hydrogens is 212 g/mol. The molecule has 2 rings (SSSR count). The summed E-state index contributed by atoms with van der Waals surface area (Å²) in [5.41, 5.74) is 0.997. The molecule has 0 bridgehead atoms. The van der Waals surface area contributed by atoms with E-state index in [0.29, 0.717) is 5.92 Å². The third-order valence-electron chi connectivity index (χ3n) is 5.01. The van der Waals surface area contributed by atoms with Crippen LogP contribution in [0.5, 0.6) is 0 Å². The maximum Gasteiger partial charge on any atom is 0.313 e. The first-order valence-corrected chi connectivity index (χ1v) is 6.89. The zero-order chi connectivity index (χ0) is 12.7. The fraction of sp³-hybridized carbons (Fsp3) is 0.800. The van der Waals surface area contributed by atoms with Gasteiger partial charge in [0.1, 0.15) is 5.60 Å². The second-order valence-electron chi connectivity index (χ2n) is 5.91. The lowest BCUT2D eigenvalue weighted by Gasteiger charge is -2.35. The minimum atomic E-state index is -0.231. The number of carbonyl (C=O) groups is 1. The largest absolute Gasteiger partial charge is 0.459 e. The van der Waals surface area contributed by atoms with Gasteiger partial charge in [-0.2, -0.15) is 0 Å². The maximum atomic E-state index is 12.4. The molecule has 17 heavy (non-hydrogen) atoms. The van der Waals surface area contributed by atoms with Crippen LogP contribution < -0.4 is 0 Å². The van der Waals surface area contributed by atoms with Gasteiger partial charge >= 0.3 is 5.97 Å². The second kappa shape index (κ2) is 4.15. The average molecular weight is 236 g/mol. The lowest BCUT2D eigenvalue weighted by molar-refractivity contribution is -0.156. The number of hydrogen-bond donors (Lipinski definition) is 0. The first kappa shape index (κ1) is 12.7. The van der Waals surface area contributed by atoms with Crippen LogP contribution in [0.25, 0.3) is 0 Å². The predicted molar refractivity (Wildman–Crippen MR) is 68.6 cm³/mol. The summed E-state index contributed by atoms with van der Waals surface area (Å²) in [6, 6.07) is 0. The molecule has 2 atom stereocenters. The molecule has 1 saturated heterocycles. The Hall–Kier alpha value is -0.790. The van der Waals surface area contributed by atoms with E-state index in [0.717, 1.165) is 32.1 Å². The summed E-state index contributed by atoms with van der Waals surface area (Å²) in [6.45, 7) is 8.59. The molecule has 2 heteroatoms. The van der Waals surface area contributed by atoms with Crippen LogP contribution in [0.15, 0.2) is 11.6 Å². The molecule has 2 aliphatic rings. The van der Waals surface area contributed by atoms with Gasteiger partial charge in [-0.15, -0.1) is 0 Å². The molecule has 0 radical (unpaired) electrons. The van der Waals surface area contributed by atoms with Crippen LogP contribution in [-0.4, -0.2) is 11.6 Å². The molecule has 1 fully saturated rings. The van der Waals surface area contributed by atoms with Gasteiger partial charge in [0.2, 0.25) is 0 Å². The Kier molecular flexibility index (Phi) is 3.09. The van der Waals surface area contributed by atoms with Crippen LogP contribution in [0.1, 0.15) is 59.8 Å². The number of ether oxygens (including phenoxy) is 1. The number of esters is 1. The molecule has 2 unspecified atom stereocenters. The van der Waals surface area contributed by atoms with E-state index < -0.39 is 0 Å².